The summed E-state index contributed by atoms with van der Waals surface area (Å²) >= 11 is 0. The van der Waals surface area contributed by atoms with E-state index in [0.717, 1.165) is 33.2 Å². The number of nitrogens with zero attached hydrogens (tertiary/aromatic N) is 1. The molecule has 4 aromatic rings. The number of piperazine rings is 1. The van der Waals surface area contributed by atoms with Crippen LogP contribution in [0.2, 0.25) is 0 Å². The van der Waals surface area contributed by atoms with Crippen LogP contribution in [0.4, 0.5) is 0 Å². The molecule has 0 bridgehead atoms. The van der Waals surface area contributed by atoms with Crippen molar-refractivity contribution in [2.75, 3.05) is 13.1 Å². The number of amides is 3. The minimum absolute atomic E-state index is 0.164. The topological polar surface area (TPSA) is 111 Å². The molecule has 0 aliphatic carbocycles. The highest BCUT2D eigenvalue weighted by Gasteiger charge is 2.37. The number of aryl methyl sites for hydroxylation is 2. The molecule has 0 saturated carbocycles. The lowest BCUT2D eigenvalue weighted by Crippen LogP contribution is -2.55. The highest BCUT2D eigenvalue weighted by Crippen LogP contribution is 2.24. The summed E-state index contributed by atoms with van der Waals surface area (Å²) < 4.78 is 0. The van der Waals surface area contributed by atoms with Crippen LogP contribution in [0.5, 0.6) is 0 Å². The molecule has 5 rings (SSSR count). The van der Waals surface area contributed by atoms with Crippen LogP contribution in [0.25, 0.3) is 10.9 Å². The Labute approximate surface area is 239 Å². The predicted octanol–water partition coefficient (Wildman–Crippen LogP) is 3.84. The Hall–Kier alpha value is -4.72. The van der Waals surface area contributed by atoms with Gasteiger partial charge in [-0.1, -0.05) is 60.7 Å². The van der Waals surface area contributed by atoms with Gasteiger partial charge in [-0.3, -0.25) is 19.2 Å². The second-order valence-electron chi connectivity index (χ2n) is 10.8. The number of para-hydroxylation sites is 1. The van der Waals surface area contributed by atoms with E-state index in [4.69, 9.17) is 0 Å². The van der Waals surface area contributed by atoms with E-state index in [1.165, 1.54) is 10.5 Å². The maximum atomic E-state index is 13.8. The van der Waals surface area contributed by atoms with E-state index in [9.17, 15) is 19.2 Å². The molecule has 0 radical (unpaired) electrons. The highest BCUT2D eigenvalue weighted by atomic mass is 16.2. The van der Waals surface area contributed by atoms with Crippen LogP contribution in [-0.2, 0) is 32.1 Å². The van der Waals surface area contributed by atoms with E-state index >= 15 is 0 Å². The third kappa shape index (κ3) is 6.06. The van der Waals surface area contributed by atoms with Crippen LogP contribution in [0.15, 0.2) is 72.9 Å². The third-order valence-corrected chi connectivity index (χ3v) is 7.94. The summed E-state index contributed by atoms with van der Waals surface area (Å²) in [6, 6.07) is 19.8. The second kappa shape index (κ2) is 11.8. The Morgan fingerprint density at radius 3 is 2.39 bits per heavy atom. The maximum Gasteiger partial charge on any atom is 0.250 e. The van der Waals surface area contributed by atoms with Crippen molar-refractivity contribution in [2.24, 2.45) is 5.92 Å². The third-order valence-electron chi connectivity index (χ3n) is 7.94. The summed E-state index contributed by atoms with van der Waals surface area (Å²) in [5.41, 5.74) is 6.81. The van der Waals surface area contributed by atoms with Gasteiger partial charge in [0.2, 0.25) is 11.8 Å². The zero-order valence-electron chi connectivity index (χ0n) is 23.5. The number of aromatic amines is 1. The first-order chi connectivity index (χ1) is 19.7. The van der Waals surface area contributed by atoms with Crippen molar-refractivity contribution in [1.82, 2.24) is 20.5 Å². The lowest BCUT2D eigenvalue weighted by molar-refractivity contribution is -0.147. The molecule has 2 unspecified atom stereocenters. The summed E-state index contributed by atoms with van der Waals surface area (Å²) in [6.07, 6.45) is 1.98. The smallest absolute Gasteiger partial charge is 0.250 e. The van der Waals surface area contributed by atoms with Gasteiger partial charge in [0.25, 0.3) is 5.91 Å². The Morgan fingerprint density at radius 1 is 0.976 bits per heavy atom. The number of hydrogen-bond acceptors (Lipinski definition) is 4. The van der Waals surface area contributed by atoms with Crippen molar-refractivity contribution in [3.8, 4) is 0 Å². The minimum atomic E-state index is -1.05. The van der Waals surface area contributed by atoms with Gasteiger partial charge in [-0.05, 0) is 66.6 Å². The first-order valence-corrected chi connectivity index (χ1v) is 13.8. The van der Waals surface area contributed by atoms with Crippen LogP contribution in [0, 0.1) is 26.7 Å². The van der Waals surface area contributed by atoms with Crippen molar-refractivity contribution in [3.63, 3.8) is 0 Å². The molecule has 1 fully saturated rings. The fourth-order valence-electron chi connectivity index (χ4n) is 5.42. The lowest BCUT2D eigenvalue weighted by atomic mass is 9.92. The van der Waals surface area contributed by atoms with Crippen LogP contribution in [0.3, 0.4) is 0 Å². The van der Waals surface area contributed by atoms with Gasteiger partial charge in [0, 0.05) is 23.6 Å². The first kappa shape index (κ1) is 27.8. The van der Waals surface area contributed by atoms with E-state index in [1.54, 1.807) is 24.3 Å². The molecule has 3 aromatic carbocycles. The van der Waals surface area contributed by atoms with Gasteiger partial charge in [0.1, 0.15) is 18.5 Å². The van der Waals surface area contributed by atoms with E-state index in [-0.39, 0.29) is 37.9 Å². The molecule has 210 valence electrons. The molecular weight excluding hydrogens is 516 g/mol. The molecule has 0 spiro atoms. The molecular formula is C33H34N4O4. The average Bonchev–Trinajstić information content (AvgIpc) is 3.38. The Morgan fingerprint density at radius 2 is 1.66 bits per heavy atom. The van der Waals surface area contributed by atoms with Gasteiger partial charge in [0.05, 0.1) is 6.54 Å². The van der Waals surface area contributed by atoms with Gasteiger partial charge in [0.15, 0.2) is 5.78 Å². The number of benzene rings is 3. The zero-order chi connectivity index (χ0) is 29.1. The van der Waals surface area contributed by atoms with Gasteiger partial charge in [-0.2, -0.15) is 0 Å². The quantitative estimate of drug-likeness (QED) is 0.275. The Kier molecular flexibility index (Phi) is 8.01. The molecule has 3 amide bonds. The van der Waals surface area contributed by atoms with Crippen LogP contribution in [0.1, 0.15) is 39.4 Å². The molecule has 3 N–H and O–H groups in total. The number of H-pyrrole nitrogens is 1. The Balaban J connectivity index is 1.38. The Bertz CT molecular complexity index is 1600. The molecule has 1 aliphatic heterocycles. The SMILES string of the molecule is Cc1cc(CNC(=O)C(Cc2c[nH]c3ccccc23)C(=O)CN2CC(=O)NC(c3ccccc3)C2=O)cc(C)c1C. The summed E-state index contributed by atoms with van der Waals surface area (Å²) in [4.78, 5) is 57.7. The molecule has 8 heteroatoms. The number of carbonyl (C=O) groups excluding carboxylic acids is 4. The first-order valence-electron chi connectivity index (χ1n) is 13.8. The fraction of sp³-hybridized carbons (Fsp3) is 0.273. The van der Waals surface area contributed by atoms with E-state index in [2.05, 4.69) is 22.5 Å². The number of aromatic nitrogens is 1. The van der Waals surface area contributed by atoms with E-state index < -0.39 is 23.7 Å². The number of hydrogen-bond donors (Lipinski definition) is 3. The fourth-order valence-corrected chi connectivity index (χ4v) is 5.42. The second-order valence-corrected chi connectivity index (χ2v) is 10.8. The van der Waals surface area contributed by atoms with Crippen LogP contribution >= 0.6 is 0 Å². The molecule has 41 heavy (non-hydrogen) atoms. The summed E-state index contributed by atoms with van der Waals surface area (Å²) in [7, 11) is 0. The number of rotatable bonds is 9. The number of nitrogens with one attached hydrogen (secondary N) is 3. The van der Waals surface area contributed by atoms with Crippen molar-refractivity contribution >= 4 is 34.4 Å². The van der Waals surface area contributed by atoms with Crippen LogP contribution < -0.4 is 10.6 Å². The van der Waals surface area contributed by atoms with E-state index in [0.29, 0.717) is 5.56 Å². The van der Waals surface area contributed by atoms with Crippen molar-refractivity contribution < 1.29 is 19.2 Å². The number of Topliss-reactive ketones (excluding diaryl/α,β-unsaturated/α-hetero) is 1. The van der Waals surface area contributed by atoms with Gasteiger partial charge < -0.3 is 20.5 Å². The van der Waals surface area contributed by atoms with Crippen LogP contribution in [-0.4, -0.2) is 46.5 Å². The zero-order valence-corrected chi connectivity index (χ0v) is 23.5. The summed E-state index contributed by atoms with van der Waals surface area (Å²) in [5.74, 6) is -2.60. The molecule has 2 heterocycles. The summed E-state index contributed by atoms with van der Waals surface area (Å²) in [6.45, 7) is 5.83. The summed E-state index contributed by atoms with van der Waals surface area (Å²) in [5, 5.41) is 6.61. The standard InChI is InChI=1S/C33H34N4O4/c1-20-13-23(14-21(2)22(20)3)16-35-32(40)27(15-25-17-34-28-12-8-7-11-26(25)28)29(38)18-37-19-30(39)36-31(33(37)41)24-9-5-4-6-10-24/h4-14,17,27,31,34H,15-16,18-19H2,1-3H3,(H,35,40)(H,36,39). The highest BCUT2D eigenvalue weighted by molar-refractivity contribution is 6.05. The van der Waals surface area contributed by atoms with Crippen molar-refractivity contribution in [1.29, 1.82) is 0 Å². The largest absolute Gasteiger partial charge is 0.361 e. The number of ketones is 1. The normalized spacial score (nSPS) is 16.0. The van der Waals surface area contributed by atoms with Gasteiger partial charge in [-0.25, -0.2) is 0 Å². The van der Waals surface area contributed by atoms with E-state index in [1.807, 2.05) is 62.5 Å². The maximum absolute atomic E-state index is 13.8. The number of carbonyl (C=O) groups is 4. The van der Waals surface area contributed by atoms with Gasteiger partial charge in [-0.15, -0.1) is 0 Å². The molecule has 8 nitrogen and oxygen atoms in total. The molecule has 1 aromatic heterocycles. The lowest BCUT2D eigenvalue weighted by Gasteiger charge is -2.33. The minimum Gasteiger partial charge on any atom is -0.361 e. The molecule has 1 aliphatic rings. The molecule has 2 atom stereocenters. The monoisotopic (exact) mass is 550 g/mol. The van der Waals surface area contributed by atoms with Crippen molar-refractivity contribution in [2.45, 2.75) is 39.8 Å². The van der Waals surface area contributed by atoms with Gasteiger partial charge >= 0.3 is 0 Å². The van der Waals surface area contributed by atoms with Crippen molar-refractivity contribution in [3.05, 3.63) is 106 Å². The number of fused-ring (bicyclic) bond motifs is 1. The average molecular weight is 551 g/mol. The molecule has 1 saturated heterocycles. The predicted molar refractivity (Wildman–Crippen MR) is 157 cm³/mol.